The topological polar surface area (TPSA) is 61.9 Å². The highest BCUT2D eigenvalue weighted by molar-refractivity contribution is 6.30. The number of nitrogens with one attached hydrogen (secondary N) is 1. The first-order chi connectivity index (χ1) is 16.0. The van der Waals surface area contributed by atoms with E-state index in [0.717, 1.165) is 31.5 Å². The molecule has 3 aliphatic rings. The van der Waals surface area contributed by atoms with E-state index in [1.165, 1.54) is 12.2 Å². The van der Waals surface area contributed by atoms with Crippen LogP contribution in [-0.2, 0) is 9.53 Å². The van der Waals surface area contributed by atoms with Gasteiger partial charge in [-0.1, -0.05) is 23.7 Å². The average Bonchev–Trinajstić information content (AvgIpc) is 3.26. The Hall–Kier alpha value is -2.38. The Morgan fingerprint density at radius 2 is 1.94 bits per heavy atom. The Morgan fingerprint density at radius 3 is 2.58 bits per heavy atom. The van der Waals surface area contributed by atoms with Crippen LogP contribution in [0.2, 0.25) is 5.02 Å². The fraction of sp³-hybridized carbons (Fsp3) is 0.520. The van der Waals surface area contributed by atoms with Gasteiger partial charge in [-0.05, 0) is 68.8 Å². The van der Waals surface area contributed by atoms with Gasteiger partial charge in [-0.15, -0.1) is 0 Å². The third-order valence-electron chi connectivity index (χ3n) is 6.78. The lowest BCUT2D eigenvalue weighted by molar-refractivity contribution is -0.135. The molecule has 6 nitrogen and oxygen atoms in total. The first kappa shape index (κ1) is 23.8. The van der Waals surface area contributed by atoms with Gasteiger partial charge in [0.2, 0.25) is 5.91 Å². The van der Waals surface area contributed by atoms with Crippen molar-refractivity contribution in [2.45, 2.75) is 44.3 Å². The lowest BCUT2D eigenvalue weighted by Crippen LogP contribution is -2.45. The summed E-state index contributed by atoms with van der Waals surface area (Å²) in [5, 5.41) is 3.95. The summed E-state index contributed by atoms with van der Waals surface area (Å²) in [5.74, 6) is 0.487. The van der Waals surface area contributed by atoms with E-state index in [1.54, 1.807) is 11.0 Å². The molecule has 1 aliphatic carbocycles. The van der Waals surface area contributed by atoms with Crippen molar-refractivity contribution in [1.82, 2.24) is 15.1 Å². The highest BCUT2D eigenvalue weighted by atomic mass is 35.5. The van der Waals surface area contributed by atoms with Crippen LogP contribution in [0.15, 0.2) is 48.3 Å². The molecule has 0 saturated carbocycles. The summed E-state index contributed by atoms with van der Waals surface area (Å²) in [7, 11) is 0. The molecular formula is C25H31ClFN3O3. The lowest BCUT2D eigenvalue weighted by Gasteiger charge is -2.31. The second-order valence-electron chi connectivity index (χ2n) is 8.86. The van der Waals surface area contributed by atoms with Crippen LogP contribution in [0.4, 0.5) is 9.18 Å². The van der Waals surface area contributed by atoms with E-state index >= 15 is 0 Å². The molecule has 2 heterocycles. The first-order valence-corrected chi connectivity index (χ1v) is 12.1. The van der Waals surface area contributed by atoms with Crippen molar-refractivity contribution in [2.75, 3.05) is 32.7 Å². The van der Waals surface area contributed by atoms with Gasteiger partial charge in [-0.3, -0.25) is 4.79 Å². The molecular weight excluding hydrogens is 445 g/mol. The molecule has 2 aliphatic heterocycles. The Morgan fingerprint density at radius 1 is 1.21 bits per heavy atom. The van der Waals surface area contributed by atoms with Crippen molar-refractivity contribution in [1.29, 1.82) is 0 Å². The zero-order valence-corrected chi connectivity index (χ0v) is 19.6. The van der Waals surface area contributed by atoms with Gasteiger partial charge in [0.05, 0.1) is 6.04 Å². The number of amides is 2. The maximum Gasteiger partial charge on any atom is 0.415 e. The second kappa shape index (κ2) is 10.7. The monoisotopic (exact) mass is 475 g/mol. The van der Waals surface area contributed by atoms with Gasteiger partial charge < -0.3 is 19.9 Å². The van der Waals surface area contributed by atoms with Crippen LogP contribution < -0.4 is 5.32 Å². The van der Waals surface area contributed by atoms with E-state index in [9.17, 15) is 14.0 Å². The number of likely N-dealkylation sites (tertiary alicyclic amines) is 1. The predicted octanol–water partition coefficient (Wildman–Crippen LogP) is 4.27. The quantitative estimate of drug-likeness (QED) is 0.690. The van der Waals surface area contributed by atoms with E-state index < -0.39 is 12.3 Å². The smallest absolute Gasteiger partial charge is 0.411 e. The fourth-order valence-electron chi connectivity index (χ4n) is 4.96. The van der Waals surface area contributed by atoms with Crippen LogP contribution in [0, 0.1) is 5.92 Å². The van der Waals surface area contributed by atoms with E-state index in [2.05, 4.69) is 5.32 Å². The lowest BCUT2D eigenvalue weighted by atomic mass is 9.93. The molecule has 2 fully saturated rings. The number of halogens is 2. The van der Waals surface area contributed by atoms with E-state index in [4.69, 9.17) is 16.3 Å². The normalized spacial score (nSPS) is 25.6. The van der Waals surface area contributed by atoms with Crippen LogP contribution in [-0.4, -0.2) is 66.7 Å². The van der Waals surface area contributed by atoms with Gasteiger partial charge in [-0.25, -0.2) is 9.18 Å². The number of allylic oxidation sites excluding steroid dienone is 3. The van der Waals surface area contributed by atoms with Crippen molar-refractivity contribution < 1.29 is 18.7 Å². The molecule has 0 radical (unpaired) electrons. The average molecular weight is 476 g/mol. The molecule has 1 aromatic rings. The van der Waals surface area contributed by atoms with Gasteiger partial charge in [0.25, 0.3) is 0 Å². The van der Waals surface area contributed by atoms with Crippen molar-refractivity contribution in [3.05, 3.63) is 58.8 Å². The van der Waals surface area contributed by atoms with Crippen molar-refractivity contribution in [3.8, 4) is 0 Å². The minimum atomic E-state index is -1.05. The first-order valence-electron chi connectivity index (χ1n) is 11.7. The molecule has 178 valence electrons. The predicted molar refractivity (Wildman–Crippen MR) is 126 cm³/mol. The summed E-state index contributed by atoms with van der Waals surface area (Å²) >= 11 is 6.10. The maximum atomic E-state index is 13.4. The summed E-state index contributed by atoms with van der Waals surface area (Å²) in [4.78, 5) is 30.0. The molecule has 4 rings (SSSR count). The third kappa shape index (κ3) is 5.58. The molecule has 2 amide bonds. The molecule has 1 unspecified atom stereocenters. The minimum Gasteiger partial charge on any atom is -0.411 e. The highest BCUT2D eigenvalue weighted by Crippen LogP contribution is 2.34. The maximum absolute atomic E-state index is 13.4. The Labute approximate surface area is 199 Å². The number of hydrogen-bond acceptors (Lipinski definition) is 4. The van der Waals surface area contributed by atoms with E-state index in [-0.39, 0.29) is 30.2 Å². The van der Waals surface area contributed by atoms with Crippen molar-refractivity contribution in [2.24, 2.45) is 5.92 Å². The van der Waals surface area contributed by atoms with Gasteiger partial charge in [0.15, 0.2) is 0 Å². The molecule has 2 saturated heterocycles. The summed E-state index contributed by atoms with van der Waals surface area (Å²) < 4.78 is 19.0. The van der Waals surface area contributed by atoms with Gasteiger partial charge in [-0.2, -0.15) is 0 Å². The Bertz CT molecular complexity index is 914. The Kier molecular flexibility index (Phi) is 7.71. The van der Waals surface area contributed by atoms with Crippen LogP contribution >= 0.6 is 11.6 Å². The minimum absolute atomic E-state index is 0.0177. The third-order valence-corrected chi connectivity index (χ3v) is 7.03. The van der Waals surface area contributed by atoms with Crippen LogP contribution in [0.1, 0.15) is 37.7 Å². The number of benzene rings is 1. The number of nitrogens with zero attached hydrogens (tertiary/aromatic N) is 2. The fourth-order valence-corrected chi connectivity index (χ4v) is 5.08. The zero-order valence-electron chi connectivity index (χ0n) is 18.9. The zero-order chi connectivity index (χ0) is 23.4. The highest BCUT2D eigenvalue weighted by Gasteiger charge is 2.43. The molecule has 0 aromatic heterocycles. The standard InChI is InChI=1S/C25H31ClFN3O3/c1-2-30(25(32)33-21-9-7-20(27)8-10-21)23-16-29(24(31)18-11-13-28-14-12-18)15-22(23)17-3-5-19(26)6-4-17/h3-7,9-10,18,20,22-23,28H,2,8,11-16H2,1H3/t20?,22-,23+/m1/s1. The molecule has 3 atom stereocenters. The molecule has 0 spiro atoms. The summed E-state index contributed by atoms with van der Waals surface area (Å²) in [6, 6.07) is 7.38. The largest absolute Gasteiger partial charge is 0.415 e. The molecule has 8 heteroatoms. The van der Waals surface area contributed by atoms with E-state index in [1.807, 2.05) is 36.1 Å². The molecule has 33 heavy (non-hydrogen) atoms. The van der Waals surface area contributed by atoms with E-state index in [0.29, 0.717) is 30.4 Å². The number of carbonyl (C=O) groups excluding carboxylic acids is 2. The molecule has 1 aromatic carbocycles. The van der Waals surface area contributed by atoms with Gasteiger partial charge >= 0.3 is 6.09 Å². The van der Waals surface area contributed by atoms with Gasteiger partial charge in [0, 0.05) is 42.9 Å². The molecule has 1 N–H and O–H groups in total. The van der Waals surface area contributed by atoms with Gasteiger partial charge in [0.1, 0.15) is 11.9 Å². The number of ether oxygens (including phenoxy) is 1. The summed E-state index contributed by atoms with van der Waals surface area (Å²) in [6.45, 7) is 5.05. The number of hydrogen-bond donors (Lipinski definition) is 1. The molecule has 0 bridgehead atoms. The number of piperidine rings is 1. The van der Waals surface area contributed by atoms with Crippen molar-refractivity contribution in [3.63, 3.8) is 0 Å². The number of alkyl halides is 1. The van der Waals surface area contributed by atoms with Crippen molar-refractivity contribution >= 4 is 23.6 Å². The van der Waals surface area contributed by atoms with Crippen LogP contribution in [0.25, 0.3) is 0 Å². The Balaban J connectivity index is 1.54. The van der Waals surface area contributed by atoms with Crippen LogP contribution in [0.5, 0.6) is 0 Å². The number of carbonyl (C=O) groups is 2. The SMILES string of the molecule is CCN(C(=O)OC1=CCC(F)C=C1)[C@H]1CN(C(=O)C2CCNCC2)C[C@@H]1c1ccc(Cl)cc1. The number of rotatable bonds is 5. The van der Waals surface area contributed by atoms with Crippen LogP contribution in [0.3, 0.4) is 0 Å². The summed E-state index contributed by atoms with van der Waals surface area (Å²) in [6.07, 6.45) is 4.82. The number of likely N-dealkylation sites (N-methyl/N-ethyl adjacent to an activating group) is 1. The summed E-state index contributed by atoms with van der Waals surface area (Å²) in [5.41, 5.74) is 1.04. The second-order valence-corrected chi connectivity index (χ2v) is 9.30.